The summed E-state index contributed by atoms with van der Waals surface area (Å²) in [6, 6.07) is 5.66. The van der Waals surface area contributed by atoms with Crippen LogP contribution in [0.5, 0.6) is 0 Å². The number of thiophene rings is 1. The average molecular weight is 338 g/mol. The van der Waals surface area contributed by atoms with Crippen LogP contribution in [0.1, 0.15) is 22.0 Å². The van der Waals surface area contributed by atoms with Gasteiger partial charge in [-0.15, -0.1) is 11.3 Å². The van der Waals surface area contributed by atoms with Crippen LogP contribution in [-0.4, -0.2) is 9.97 Å². The lowest BCUT2D eigenvalue weighted by molar-refractivity contribution is 0.881. The summed E-state index contributed by atoms with van der Waals surface area (Å²) in [7, 11) is 0. The van der Waals surface area contributed by atoms with E-state index in [2.05, 4.69) is 38.9 Å². The van der Waals surface area contributed by atoms with Crippen LogP contribution in [0, 0.1) is 6.92 Å². The van der Waals surface area contributed by atoms with Gasteiger partial charge in [-0.25, -0.2) is 4.79 Å². The molecule has 0 aliphatic carbocycles. The SMILES string of the molecule is Cc1ccsc1C(N)c1cc2[nH]c(=O)[nH]c2cc1Br. The predicted molar refractivity (Wildman–Crippen MR) is 81.7 cm³/mol. The fraction of sp³-hybridized carbons (Fsp3) is 0.154. The standard InChI is InChI=1S/C13H12BrN3OS/c1-6-2-3-19-12(6)11(15)7-4-9-10(5-8(7)14)17-13(18)16-9/h2-5,11H,15H2,1H3,(H2,16,17,18). The molecule has 0 aliphatic heterocycles. The second kappa shape index (κ2) is 4.63. The number of nitrogens with one attached hydrogen (secondary N) is 2. The number of aromatic amines is 2. The van der Waals surface area contributed by atoms with Gasteiger partial charge in [-0.2, -0.15) is 0 Å². The van der Waals surface area contributed by atoms with Gasteiger partial charge < -0.3 is 15.7 Å². The maximum Gasteiger partial charge on any atom is 0.323 e. The fourth-order valence-electron chi connectivity index (χ4n) is 2.16. The largest absolute Gasteiger partial charge is 0.323 e. The Morgan fingerprint density at radius 3 is 2.63 bits per heavy atom. The van der Waals surface area contributed by atoms with Crippen molar-refractivity contribution in [2.24, 2.45) is 5.73 Å². The topological polar surface area (TPSA) is 74.7 Å². The highest BCUT2D eigenvalue weighted by Crippen LogP contribution is 2.33. The molecule has 0 fully saturated rings. The minimum absolute atomic E-state index is 0.197. The Bertz CT molecular complexity index is 802. The first-order valence-electron chi connectivity index (χ1n) is 5.77. The minimum Gasteiger partial charge on any atom is -0.320 e. The lowest BCUT2D eigenvalue weighted by Crippen LogP contribution is -2.12. The Morgan fingerprint density at radius 1 is 1.32 bits per heavy atom. The maximum atomic E-state index is 11.3. The molecule has 1 atom stereocenters. The minimum atomic E-state index is -0.208. The molecule has 1 unspecified atom stereocenters. The molecule has 0 saturated heterocycles. The summed E-state index contributed by atoms with van der Waals surface area (Å²) in [5.41, 5.74) is 9.83. The third-order valence-electron chi connectivity index (χ3n) is 3.15. The molecule has 1 aromatic carbocycles. The molecule has 0 amide bonds. The molecule has 3 rings (SSSR count). The number of benzene rings is 1. The second-order valence-corrected chi connectivity index (χ2v) is 6.25. The number of imidazole rings is 1. The summed E-state index contributed by atoms with van der Waals surface area (Å²) < 4.78 is 0.899. The van der Waals surface area contributed by atoms with E-state index in [-0.39, 0.29) is 11.7 Å². The van der Waals surface area contributed by atoms with E-state index >= 15 is 0 Å². The van der Waals surface area contributed by atoms with E-state index in [0.717, 1.165) is 25.9 Å². The van der Waals surface area contributed by atoms with Crippen LogP contribution in [0.25, 0.3) is 11.0 Å². The van der Waals surface area contributed by atoms with Gasteiger partial charge in [0.25, 0.3) is 0 Å². The predicted octanol–water partition coefficient (Wildman–Crippen LogP) is 3.04. The number of nitrogens with two attached hydrogens (primary N) is 1. The van der Waals surface area contributed by atoms with Crippen molar-refractivity contribution in [2.75, 3.05) is 0 Å². The van der Waals surface area contributed by atoms with Crippen LogP contribution in [-0.2, 0) is 0 Å². The number of aromatic nitrogens is 2. The molecular formula is C13H12BrN3OS. The van der Waals surface area contributed by atoms with Crippen LogP contribution in [0.15, 0.2) is 32.8 Å². The first-order valence-corrected chi connectivity index (χ1v) is 7.44. The van der Waals surface area contributed by atoms with Gasteiger partial charge in [-0.3, -0.25) is 0 Å². The maximum absolute atomic E-state index is 11.3. The summed E-state index contributed by atoms with van der Waals surface area (Å²) in [4.78, 5) is 17.9. The Kier molecular flexibility index (Phi) is 3.08. The summed E-state index contributed by atoms with van der Waals surface area (Å²) in [5, 5.41) is 2.04. The first-order chi connectivity index (χ1) is 9.06. The molecule has 98 valence electrons. The molecule has 0 radical (unpaired) electrons. The van der Waals surface area contributed by atoms with Gasteiger partial charge in [0.2, 0.25) is 0 Å². The number of rotatable bonds is 2. The van der Waals surface area contributed by atoms with Gasteiger partial charge in [-0.1, -0.05) is 15.9 Å². The Morgan fingerprint density at radius 2 is 2.00 bits per heavy atom. The van der Waals surface area contributed by atoms with E-state index in [1.807, 2.05) is 17.5 Å². The third kappa shape index (κ3) is 2.16. The Labute approximate surface area is 121 Å². The average Bonchev–Trinajstić information content (AvgIpc) is 2.92. The van der Waals surface area contributed by atoms with Gasteiger partial charge in [0.1, 0.15) is 0 Å². The number of hydrogen-bond donors (Lipinski definition) is 3. The number of aryl methyl sites for hydroxylation is 1. The molecule has 0 aliphatic rings. The highest BCUT2D eigenvalue weighted by atomic mass is 79.9. The van der Waals surface area contributed by atoms with E-state index in [1.165, 1.54) is 5.56 Å². The van der Waals surface area contributed by atoms with Crippen LogP contribution in [0.4, 0.5) is 0 Å². The summed E-state index contributed by atoms with van der Waals surface area (Å²) in [6.07, 6.45) is 0. The van der Waals surface area contributed by atoms with Gasteiger partial charge in [0.05, 0.1) is 17.1 Å². The number of fused-ring (bicyclic) bond motifs is 1. The zero-order valence-electron chi connectivity index (χ0n) is 10.2. The van der Waals surface area contributed by atoms with Gasteiger partial charge in [0.15, 0.2) is 0 Å². The van der Waals surface area contributed by atoms with Gasteiger partial charge in [0, 0.05) is 9.35 Å². The van der Waals surface area contributed by atoms with Crippen molar-refractivity contribution in [1.29, 1.82) is 0 Å². The van der Waals surface area contributed by atoms with Crippen molar-refractivity contribution in [2.45, 2.75) is 13.0 Å². The van der Waals surface area contributed by atoms with E-state index < -0.39 is 0 Å². The van der Waals surface area contributed by atoms with Crippen molar-refractivity contribution < 1.29 is 0 Å². The van der Waals surface area contributed by atoms with Crippen LogP contribution in [0.2, 0.25) is 0 Å². The molecule has 0 spiro atoms. The molecule has 0 saturated carbocycles. The van der Waals surface area contributed by atoms with Crippen LogP contribution >= 0.6 is 27.3 Å². The lowest BCUT2D eigenvalue weighted by Gasteiger charge is -2.13. The quantitative estimate of drug-likeness (QED) is 0.672. The van der Waals surface area contributed by atoms with Crippen molar-refractivity contribution in [3.63, 3.8) is 0 Å². The van der Waals surface area contributed by atoms with Gasteiger partial charge >= 0.3 is 5.69 Å². The Balaban J connectivity index is 2.16. The van der Waals surface area contributed by atoms with E-state index in [1.54, 1.807) is 11.3 Å². The first kappa shape index (κ1) is 12.7. The lowest BCUT2D eigenvalue weighted by atomic mass is 10.0. The molecule has 2 heterocycles. The molecule has 4 nitrogen and oxygen atoms in total. The molecule has 3 aromatic rings. The molecule has 6 heteroatoms. The number of hydrogen-bond acceptors (Lipinski definition) is 3. The molecule has 19 heavy (non-hydrogen) atoms. The van der Waals surface area contributed by atoms with Crippen LogP contribution in [0.3, 0.4) is 0 Å². The monoisotopic (exact) mass is 337 g/mol. The summed E-state index contributed by atoms with van der Waals surface area (Å²) >= 11 is 5.17. The van der Waals surface area contributed by atoms with Crippen LogP contribution < -0.4 is 11.4 Å². The molecule has 4 N–H and O–H groups in total. The van der Waals surface area contributed by atoms with E-state index in [9.17, 15) is 4.79 Å². The number of halogens is 1. The second-order valence-electron chi connectivity index (χ2n) is 4.44. The zero-order valence-corrected chi connectivity index (χ0v) is 12.6. The third-order valence-corrected chi connectivity index (χ3v) is 4.94. The highest BCUT2D eigenvalue weighted by molar-refractivity contribution is 9.10. The van der Waals surface area contributed by atoms with Crippen molar-refractivity contribution in [1.82, 2.24) is 9.97 Å². The molecule has 2 aromatic heterocycles. The van der Waals surface area contributed by atoms with E-state index in [4.69, 9.17) is 5.73 Å². The molecular weight excluding hydrogens is 326 g/mol. The van der Waals surface area contributed by atoms with Crippen molar-refractivity contribution in [3.05, 3.63) is 54.5 Å². The zero-order chi connectivity index (χ0) is 13.6. The normalized spacial score (nSPS) is 13.0. The fourth-order valence-corrected chi connectivity index (χ4v) is 3.69. The Hall–Kier alpha value is -1.37. The highest BCUT2D eigenvalue weighted by Gasteiger charge is 2.17. The van der Waals surface area contributed by atoms with Crippen molar-refractivity contribution in [3.8, 4) is 0 Å². The number of H-pyrrole nitrogens is 2. The van der Waals surface area contributed by atoms with Crippen molar-refractivity contribution >= 4 is 38.3 Å². The van der Waals surface area contributed by atoms with Gasteiger partial charge in [-0.05, 0) is 41.6 Å². The smallest absolute Gasteiger partial charge is 0.320 e. The summed E-state index contributed by atoms with van der Waals surface area (Å²) in [6.45, 7) is 2.05. The van der Waals surface area contributed by atoms with E-state index in [0.29, 0.717) is 0 Å². The molecule has 0 bridgehead atoms. The summed E-state index contributed by atoms with van der Waals surface area (Å²) in [5.74, 6) is 0.